The fourth-order valence-electron chi connectivity index (χ4n) is 3.51. The Morgan fingerprint density at radius 3 is 2.65 bits per heavy atom. The molecule has 7 heteroatoms. The zero-order valence-corrected chi connectivity index (χ0v) is 17.7. The molecule has 0 atom stereocenters. The van der Waals surface area contributed by atoms with Gasteiger partial charge in [-0.25, -0.2) is 0 Å². The molecule has 160 valence electrons. The molecule has 6 nitrogen and oxygen atoms in total. The average molecular weight is 439 g/mol. The Kier molecular flexibility index (Phi) is 6.57. The van der Waals surface area contributed by atoms with Crippen molar-refractivity contribution in [1.29, 1.82) is 0 Å². The van der Waals surface area contributed by atoms with Crippen LogP contribution in [0.15, 0.2) is 54.6 Å². The fourth-order valence-corrected chi connectivity index (χ4v) is 3.80. The number of carbonyl (C=O) groups excluding carboxylic acids is 2. The minimum atomic E-state index is -0.283. The minimum Gasteiger partial charge on any atom is -0.489 e. The van der Waals surface area contributed by atoms with Gasteiger partial charge in [-0.15, -0.1) is 0 Å². The first-order valence-corrected chi connectivity index (χ1v) is 10.6. The van der Waals surface area contributed by atoms with Gasteiger partial charge in [0.1, 0.15) is 0 Å². The standard InChI is InChI=1S/C24H23ClN2O4/c25-20-11-16(12-21-24(20)31-10-4-9-30-21)14-26-23(29)15-27-22(28)13-18-7-3-6-17-5-1-2-8-19(17)18/h1-3,5-8,11-12H,4,9-10,13-15H2,(H,26,29)(H,27,28). The summed E-state index contributed by atoms with van der Waals surface area (Å²) in [4.78, 5) is 24.5. The quantitative estimate of drug-likeness (QED) is 0.616. The van der Waals surface area contributed by atoms with E-state index < -0.39 is 0 Å². The average Bonchev–Trinajstić information content (AvgIpc) is 3.02. The molecule has 1 aliphatic heterocycles. The largest absolute Gasteiger partial charge is 0.489 e. The Labute approximate surface area is 185 Å². The Morgan fingerprint density at radius 2 is 1.74 bits per heavy atom. The highest BCUT2D eigenvalue weighted by Gasteiger charge is 2.16. The van der Waals surface area contributed by atoms with Gasteiger partial charge in [0.25, 0.3) is 0 Å². The molecule has 0 bridgehead atoms. The second kappa shape index (κ2) is 9.71. The second-order valence-corrected chi connectivity index (χ2v) is 7.73. The first kappa shape index (κ1) is 21.0. The van der Waals surface area contributed by atoms with Crippen molar-refractivity contribution in [2.24, 2.45) is 0 Å². The molecule has 1 aliphatic rings. The van der Waals surface area contributed by atoms with E-state index in [4.69, 9.17) is 21.1 Å². The van der Waals surface area contributed by atoms with Crippen molar-refractivity contribution in [3.8, 4) is 11.5 Å². The summed E-state index contributed by atoms with van der Waals surface area (Å²) < 4.78 is 11.3. The van der Waals surface area contributed by atoms with E-state index in [0.29, 0.717) is 29.7 Å². The van der Waals surface area contributed by atoms with Gasteiger partial charge < -0.3 is 20.1 Å². The maximum Gasteiger partial charge on any atom is 0.239 e. The van der Waals surface area contributed by atoms with Gasteiger partial charge in [-0.05, 0) is 34.0 Å². The Morgan fingerprint density at radius 1 is 0.935 bits per heavy atom. The number of amides is 2. The van der Waals surface area contributed by atoms with E-state index in [1.165, 1.54) is 0 Å². The topological polar surface area (TPSA) is 76.7 Å². The van der Waals surface area contributed by atoms with E-state index >= 15 is 0 Å². The summed E-state index contributed by atoms with van der Waals surface area (Å²) in [5.74, 6) is 0.632. The van der Waals surface area contributed by atoms with Crippen LogP contribution in [-0.4, -0.2) is 31.6 Å². The van der Waals surface area contributed by atoms with Crippen LogP contribution in [0.25, 0.3) is 10.8 Å². The van der Waals surface area contributed by atoms with Gasteiger partial charge in [0.2, 0.25) is 11.8 Å². The lowest BCUT2D eigenvalue weighted by Crippen LogP contribution is -2.37. The molecule has 3 aromatic carbocycles. The summed E-state index contributed by atoms with van der Waals surface area (Å²) in [5.41, 5.74) is 1.72. The highest BCUT2D eigenvalue weighted by Crippen LogP contribution is 2.37. The van der Waals surface area contributed by atoms with Crippen LogP contribution >= 0.6 is 11.6 Å². The molecule has 4 rings (SSSR count). The first-order chi connectivity index (χ1) is 15.1. The van der Waals surface area contributed by atoms with Gasteiger partial charge in [0, 0.05) is 13.0 Å². The van der Waals surface area contributed by atoms with Crippen LogP contribution in [0, 0.1) is 0 Å². The molecule has 31 heavy (non-hydrogen) atoms. The zero-order valence-electron chi connectivity index (χ0n) is 16.9. The van der Waals surface area contributed by atoms with E-state index in [-0.39, 0.29) is 31.3 Å². The van der Waals surface area contributed by atoms with Crippen LogP contribution in [0.5, 0.6) is 11.5 Å². The summed E-state index contributed by atoms with van der Waals surface area (Å²) >= 11 is 6.28. The third-order valence-corrected chi connectivity index (χ3v) is 5.31. The molecule has 2 amide bonds. The molecule has 0 aliphatic carbocycles. The Hall–Kier alpha value is -3.25. The van der Waals surface area contributed by atoms with Crippen LogP contribution in [0.3, 0.4) is 0 Å². The van der Waals surface area contributed by atoms with E-state index in [0.717, 1.165) is 28.3 Å². The smallest absolute Gasteiger partial charge is 0.239 e. The van der Waals surface area contributed by atoms with Crippen molar-refractivity contribution in [1.82, 2.24) is 10.6 Å². The molecule has 0 fully saturated rings. The molecular weight excluding hydrogens is 416 g/mol. The van der Waals surface area contributed by atoms with Crippen molar-refractivity contribution in [3.63, 3.8) is 0 Å². The number of nitrogens with one attached hydrogen (secondary N) is 2. The van der Waals surface area contributed by atoms with E-state index in [9.17, 15) is 9.59 Å². The second-order valence-electron chi connectivity index (χ2n) is 7.32. The summed E-state index contributed by atoms with van der Waals surface area (Å²) in [5, 5.41) is 8.04. The highest BCUT2D eigenvalue weighted by molar-refractivity contribution is 6.32. The van der Waals surface area contributed by atoms with Gasteiger partial charge in [0.05, 0.1) is 31.2 Å². The molecule has 0 spiro atoms. The van der Waals surface area contributed by atoms with Gasteiger partial charge >= 0.3 is 0 Å². The number of hydrogen-bond donors (Lipinski definition) is 2. The lowest BCUT2D eigenvalue weighted by atomic mass is 10.0. The maximum absolute atomic E-state index is 12.3. The van der Waals surface area contributed by atoms with E-state index in [1.807, 2.05) is 48.5 Å². The molecular formula is C24H23ClN2O4. The third kappa shape index (κ3) is 5.27. The van der Waals surface area contributed by atoms with Crippen molar-refractivity contribution in [2.45, 2.75) is 19.4 Å². The number of fused-ring (bicyclic) bond motifs is 2. The lowest BCUT2D eigenvalue weighted by molar-refractivity contribution is -0.125. The van der Waals surface area contributed by atoms with Crippen LogP contribution in [0.2, 0.25) is 5.02 Å². The van der Waals surface area contributed by atoms with Crippen molar-refractivity contribution < 1.29 is 19.1 Å². The monoisotopic (exact) mass is 438 g/mol. The Bertz CT molecular complexity index is 1110. The van der Waals surface area contributed by atoms with Crippen LogP contribution < -0.4 is 20.1 Å². The van der Waals surface area contributed by atoms with Crippen molar-refractivity contribution in [3.05, 3.63) is 70.7 Å². The first-order valence-electron chi connectivity index (χ1n) is 10.2. The number of carbonyl (C=O) groups is 2. The summed E-state index contributed by atoms with van der Waals surface area (Å²) in [6.07, 6.45) is 1.00. The zero-order chi connectivity index (χ0) is 21.6. The van der Waals surface area contributed by atoms with Crippen LogP contribution in [0.1, 0.15) is 17.5 Å². The van der Waals surface area contributed by atoms with Crippen molar-refractivity contribution in [2.75, 3.05) is 19.8 Å². The predicted octanol–water partition coefficient (Wildman–Crippen LogP) is 3.63. The molecule has 0 radical (unpaired) electrons. The molecule has 3 aromatic rings. The minimum absolute atomic E-state index is 0.0954. The molecule has 0 saturated heterocycles. The highest BCUT2D eigenvalue weighted by atomic mass is 35.5. The molecule has 0 aromatic heterocycles. The number of halogens is 1. The summed E-state index contributed by atoms with van der Waals surface area (Å²) in [7, 11) is 0. The molecule has 0 unspecified atom stereocenters. The normalized spacial score (nSPS) is 12.8. The van der Waals surface area contributed by atoms with Crippen molar-refractivity contribution >= 4 is 34.2 Å². The van der Waals surface area contributed by atoms with Gasteiger partial charge in [-0.1, -0.05) is 54.1 Å². The number of hydrogen-bond acceptors (Lipinski definition) is 4. The maximum atomic E-state index is 12.3. The fraction of sp³-hybridized carbons (Fsp3) is 0.250. The van der Waals surface area contributed by atoms with Gasteiger partial charge in [-0.3, -0.25) is 9.59 Å². The van der Waals surface area contributed by atoms with E-state index in [2.05, 4.69) is 10.6 Å². The van der Waals surface area contributed by atoms with Crippen LogP contribution in [-0.2, 0) is 22.6 Å². The van der Waals surface area contributed by atoms with Gasteiger partial charge in [-0.2, -0.15) is 0 Å². The number of benzene rings is 3. The van der Waals surface area contributed by atoms with E-state index in [1.54, 1.807) is 6.07 Å². The van der Waals surface area contributed by atoms with Crippen LogP contribution in [0.4, 0.5) is 0 Å². The lowest BCUT2D eigenvalue weighted by Gasteiger charge is -2.12. The summed E-state index contributed by atoms with van der Waals surface area (Å²) in [6, 6.07) is 17.3. The number of ether oxygens (including phenoxy) is 2. The number of rotatable bonds is 6. The third-order valence-electron chi connectivity index (χ3n) is 5.03. The SMILES string of the molecule is O=C(CNC(=O)Cc1cccc2ccccc12)NCc1cc(Cl)c2c(c1)OCCCO2. The predicted molar refractivity (Wildman–Crippen MR) is 120 cm³/mol. The molecule has 0 saturated carbocycles. The molecule has 1 heterocycles. The Balaban J connectivity index is 1.29. The summed E-state index contributed by atoms with van der Waals surface area (Å²) in [6.45, 7) is 1.29. The van der Waals surface area contributed by atoms with Gasteiger partial charge in [0.15, 0.2) is 11.5 Å². The molecule has 2 N–H and O–H groups in total.